The molecular weight excluding hydrogens is 465 g/mol. The molecule has 1 heterocycles. The van der Waals surface area contributed by atoms with Crippen LogP contribution in [0.2, 0.25) is 5.02 Å². The number of aliphatic hydroxyl groups excluding tert-OH is 1. The lowest BCUT2D eigenvalue weighted by Crippen LogP contribution is -2.47. The zero-order valence-electron chi connectivity index (χ0n) is 18.7. The van der Waals surface area contributed by atoms with Crippen molar-refractivity contribution in [3.8, 4) is 11.1 Å². The molecule has 0 saturated heterocycles. The van der Waals surface area contributed by atoms with Crippen molar-refractivity contribution < 1.29 is 23.8 Å². The van der Waals surface area contributed by atoms with Gasteiger partial charge in [0.05, 0.1) is 19.3 Å². The second kappa shape index (κ2) is 11.7. The summed E-state index contributed by atoms with van der Waals surface area (Å²) in [6.45, 7) is 3.83. The minimum atomic E-state index is -1.49. The van der Waals surface area contributed by atoms with Gasteiger partial charge in [-0.15, -0.1) is 5.10 Å². The van der Waals surface area contributed by atoms with Gasteiger partial charge >= 0.3 is 5.97 Å². The maximum absolute atomic E-state index is 14.2. The van der Waals surface area contributed by atoms with Crippen molar-refractivity contribution in [3.05, 3.63) is 70.8 Å². The maximum Gasteiger partial charge on any atom is 0.336 e. The van der Waals surface area contributed by atoms with Gasteiger partial charge in [-0.05, 0) is 35.2 Å². The Kier molecular flexibility index (Phi) is 8.69. The predicted octanol–water partition coefficient (Wildman–Crippen LogP) is 2.97. The first-order valence-electron chi connectivity index (χ1n) is 10.5. The molecule has 3 aromatic rings. The van der Waals surface area contributed by atoms with Gasteiger partial charge in [-0.25, -0.2) is 14.2 Å². The van der Waals surface area contributed by atoms with Crippen LogP contribution in [0.3, 0.4) is 0 Å². The number of hydrogen-bond donors (Lipinski definition) is 3. The third kappa shape index (κ3) is 7.08. The van der Waals surface area contributed by atoms with E-state index in [1.165, 1.54) is 29.4 Å². The highest BCUT2D eigenvalue weighted by Gasteiger charge is 2.23. The molecule has 0 bridgehead atoms. The number of esters is 1. The molecule has 0 saturated carbocycles. The van der Waals surface area contributed by atoms with Crippen molar-refractivity contribution in [2.75, 3.05) is 13.2 Å². The number of benzene rings is 2. The number of H-pyrrole nitrogens is 1. The van der Waals surface area contributed by atoms with Gasteiger partial charge in [0.15, 0.2) is 11.8 Å². The summed E-state index contributed by atoms with van der Waals surface area (Å²) in [5.74, 6) is -1.65. The van der Waals surface area contributed by atoms with Gasteiger partial charge in [-0.1, -0.05) is 54.9 Å². The van der Waals surface area contributed by atoms with E-state index < -0.39 is 23.8 Å². The van der Waals surface area contributed by atoms with E-state index in [1.807, 2.05) is 13.8 Å². The number of halogens is 2. The average molecular weight is 490 g/mol. The van der Waals surface area contributed by atoms with E-state index >= 15 is 0 Å². The molecule has 1 atom stereocenters. The molecule has 0 radical (unpaired) electrons. The second-order valence-electron chi connectivity index (χ2n) is 8.04. The average Bonchev–Trinajstić information content (AvgIpc) is 3.35. The Morgan fingerprint density at radius 3 is 2.62 bits per heavy atom. The van der Waals surface area contributed by atoms with E-state index in [9.17, 15) is 19.1 Å². The van der Waals surface area contributed by atoms with Crippen LogP contribution in [-0.4, -0.2) is 56.7 Å². The first-order valence-corrected chi connectivity index (χ1v) is 10.9. The third-order valence-corrected chi connectivity index (χ3v) is 4.94. The third-order valence-electron chi connectivity index (χ3n) is 4.70. The highest BCUT2D eigenvalue weighted by atomic mass is 35.5. The number of nitrogens with one attached hydrogen (secondary N) is 2. The molecule has 0 fully saturated rings. The SMILES string of the molecule is CC(C)COC(=O)C(O)CN(Cc1ccc(-c2cc(Cl)ccc2F)cc1)NC(=O)c1c[nH]nn1. The first kappa shape index (κ1) is 25.3. The Hall–Kier alpha value is -3.34. The van der Waals surface area contributed by atoms with Crippen LogP contribution in [-0.2, 0) is 16.1 Å². The fourth-order valence-electron chi connectivity index (χ4n) is 3.02. The smallest absolute Gasteiger partial charge is 0.336 e. The van der Waals surface area contributed by atoms with Crippen LogP contribution in [0.5, 0.6) is 0 Å². The number of nitrogens with zero attached hydrogens (tertiary/aromatic N) is 3. The van der Waals surface area contributed by atoms with E-state index in [2.05, 4.69) is 20.8 Å². The minimum Gasteiger partial charge on any atom is -0.463 e. The van der Waals surface area contributed by atoms with Crippen LogP contribution < -0.4 is 5.43 Å². The molecule has 180 valence electrons. The molecule has 0 aliphatic carbocycles. The Bertz CT molecular complexity index is 1110. The Labute approximate surface area is 200 Å². The van der Waals surface area contributed by atoms with Crippen LogP contribution in [0.15, 0.2) is 48.7 Å². The predicted molar refractivity (Wildman–Crippen MR) is 123 cm³/mol. The summed E-state index contributed by atoms with van der Waals surface area (Å²) in [6, 6.07) is 11.2. The van der Waals surface area contributed by atoms with E-state index in [1.54, 1.807) is 24.3 Å². The number of hydrazine groups is 1. The molecule has 9 nitrogen and oxygen atoms in total. The lowest BCUT2D eigenvalue weighted by atomic mass is 10.0. The molecule has 1 unspecified atom stereocenters. The van der Waals surface area contributed by atoms with Gasteiger partial charge in [0.1, 0.15) is 5.82 Å². The van der Waals surface area contributed by atoms with Crippen LogP contribution >= 0.6 is 11.6 Å². The monoisotopic (exact) mass is 489 g/mol. The number of rotatable bonds is 10. The number of carbonyl (C=O) groups excluding carboxylic acids is 2. The van der Waals surface area contributed by atoms with Crippen LogP contribution in [0.1, 0.15) is 29.9 Å². The molecule has 3 N–H and O–H groups in total. The molecule has 1 aromatic heterocycles. The van der Waals surface area contributed by atoms with Gasteiger partial charge < -0.3 is 9.84 Å². The van der Waals surface area contributed by atoms with Crippen molar-refractivity contribution in [1.29, 1.82) is 0 Å². The maximum atomic E-state index is 14.2. The Balaban J connectivity index is 1.74. The summed E-state index contributed by atoms with van der Waals surface area (Å²) in [7, 11) is 0. The van der Waals surface area contributed by atoms with Crippen LogP contribution in [0.4, 0.5) is 4.39 Å². The highest BCUT2D eigenvalue weighted by molar-refractivity contribution is 6.30. The summed E-state index contributed by atoms with van der Waals surface area (Å²) < 4.78 is 19.3. The number of ether oxygens (including phenoxy) is 1. The van der Waals surface area contributed by atoms with Crippen LogP contribution in [0, 0.1) is 11.7 Å². The van der Waals surface area contributed by atoms with E-state index in [0.717, 1.165) is 5.56 Å². The lowest BCUT2D eigenvalue weighted by Gasteiger charge is -2.25. The molecular formula is C23H25ClFN5O4. The Morgan fingerprint density at radius 2 is 1.97 bits per heavy atom. The van der Waals surface area contributed by atoms with Crippen molar-refractivity contribution >= 4 is 23.5 Å². The molecule has 0 aliphatic rings. The van der Waals surface area contributed by atoms with Gasteiger partial charge in [-0.3, -0.25) is 15.3 Å². The number of aromatic amines is 1. The number of amides is 1. The Morgan fingerprint density at radius 1 is 1.24 bits per heavy atom. The topological polar surface area (TPSA) is 120 Å². The number of carbonyl (C=O) groups is 2. The molecule has 0 aliphatic heterocycles. The largest absolute Gasteiger partial charge is 0.463 e. The number of aromatic nitrogens is 3. The quantitative estimate of drug-likeness (QED) is 0.296. The van der Waals surface area contributed by atoms with Gasteiger partial charge in [0, 0.05) is 17.1 Å². The summed E-state index contributed by atoms with van der Waals surface area (Å²) in [6.07, 6.45) is -0.175. The fraction of sp³-hybridized carbons (Fsp3) is 0.304. The van der Waals surface area contributed by atoms with Gasteiger partial charge in [-0.2, -0.15) is 0 Å². The molecule has 11 heteroatoms. The summed E-state index contributed by atoms with van der Waals surface area (Å²) >= 11 is 5.98. The zero-order chi connectivity index (χ0) is 24.7. The zero-order valence-corrected chi connectivity index (χ0v) is 19.4. The van der Waals surface area contributed by atoms with Gasteiger partial charge in [0.25, 0.3) is 5.91 Å². The molecule has 2 aromatic carbocycles. The summed E-state index contributed by atoms with van der Waals surface area (Å²) in [5, 5.41) is 21.7. The molecule has 0 spiro atoms. The lowest BCUT2D eigenvalue weighted by molar-refractivity contribution is -0.156. The fourth-order valence-corrected chi connectivity index (χ4v) is 3.19. The molecule has 1 amide bonds. The van der Waals surface area contributed by atoms with Crippen LogP contribution in [0.25, 0.3) is 11.1 Å². The number of aliphatic hydroxyl groups is 1. The second-order valence-corrected chi connectivity index (χ2v) is 8.48. The van der Waals surface area contributed by atoms with E-state index in [0.29, 0.717) is 16.1 Å². The van der Waals surface area contributed by atoms with Crippen molar-refractivity contribution in [1.82, 2.24) is 25.8 Å². The first-order chi connectivity index (χ1) is 16.2. The van der Waals surface area contributed by atoms with Crippen molar-refractivity contribution in [2.45, 2.75) is 26.5 Å². The van der Waals surface area contributed by atoms with Gasteiger partial charge in [0.2, 0.25) is 0 Å². The molecule has 3 rings (SSSR count). The van der Waals surface area contributed by atoms with E-state index in [4.69, 9.17) is 16.3 Å². The van der Waals surface area contributed by atoms with Crippen molar-refractivity contribution in [3.63, 3.8) is 0 Å². The number of hydrogen-bond acceptors (Lipinski definition) is 7. The molecule has 34 heavy (non-hydrogen) atoms. The minimum absolute atomic E-state index is 0.0358. The van der Waals surface area contributed by atoms with Crippen molar-refractivity contribution in [2.24, 2.45) is 5.92 Å². The summed E-state index contributed by atoms with van der Waals surface area (Å²) in [5.41, 5.74) is 4.36. The highest BCUT2D eigenvalue weighted by Crippen LogP contribution is 2.26. The standard InChI is InChI=1S/C23H25ClFN5O4/c1-14(2)13-34-23(33)21(31)12-30(28-22(32)20-10-26-29-27-20)11-15-3-5-16(6-4-15)18-9-17(24)7-8-19(18)25/h3-10,14,21,31H,11-13H2,1-2H3,(H,28,32)(H,26,27,29). The van der Waals surface area contributed by atoms with E-state index in [-0.39, 0.29) is 31.3 Å². The summed E-state index contributed by atoms with van der Waals surface area (Å²) in [4.78, 5) is 24.6. The normalized spacial score (nSPS) is 12.1.